The molecule has 0 saturated carbocycles. The lowest BCUT2D eigenvalue weighted by molar-refractivity contribution is -0.152. The van der Waals surface area contributed by atoms with Gasteiger partial charge in [-0.1, -0.05) is 44.7 Å². The zero-order chi connectivity index (χ0) is 24.6. The third-order valence-corrected chi connectivity index (χ3v) is 5.64. The zero-order valence-corrected chi connectivity index (χ0v) is 20.3. The molecule has 1 aromatic heterocycles. The molecular formula is C24H36N4O5. The predicted molar refractivity (Wildman–Crippen MR) is 127 cm³/mol. The summed E-state index contributed by atoms with van der Waals surface area (Å²) in [5.41, 5.74) is -0.705. The number of benzene rings is 1. The molecule has 0 aliphatic carbocycles. The van der Waals surface area contributed by atoms with Crippen LogP contribution in [-0.4, -0.2) is 37.6 Å². The second kappa shape index (κ2) is 11.8. The van der Waals surface area contributed by atoms with Crippen molar-refractivity contribution in [2.45, 2.75) is 70.9 Å². The van der Waals surface area contributed by atoms with Gasteiger partial charge in [-0.3, -0.25) is 9.36 Å². The Bertz CT molecular complexity index is 1040. The molecule has 9 nitrogen and oxygen atoms in total. The minimum atomic E-state index is -1.30. The van der Waals surface area contributed by atoms with Crippen LogP contribution in [0.1, 0.15) is 70.2 Å². The van der Waals surface area contributed by atoms with E-state index in [0.717, 1.165) is 42.2 Å². The van der Waals surface area contributed by atoms with Gasteiger partial charge in [0, 0.05) is 14.1 Å². The number of nitrogens with one attached hydrogen (secondary N) is 1. The Kier molecular flexibility index (Phi) is 9.40. The number of carbonyl (C=O) groups is 1. The number of hydrogen-bond acceptors (Lipinski definition) is 6. The number of aliphatic carboxylic acids is 1. The van der Waals surface area contributed by atoms with E-state index in [-0.39, 0.29) is 11.6 Å². The number of ether oxygens (including phenoxy) is 1. The van der Waals surface area contributed by atoms with E-state index >= 15 is 0 Å². The summed E-state index contributed by atoms with van der Waals surface area (Å²) in [5.74, 6) is -0.537. The maximum Gasteiger partial charge on any atom is 0.347 e. The third kappa shape index (κ3) is 7.28. The Morgan fingerprint density at radius 1 is 1.15 bits per heavy atom. The summed E-state index contributed by atoms with van der Waals surface area (Å²) >= 11 is 0. The molecule has 0 saturated heterocycles. The van der Waals surface area contributed by atoms with Crippen molar-refractivity contribution in [3.63, 3.8) is 0 Å². The van der Waals surface area contributed by atoms with E-state index in [4.69, 9.17) is 4.74 Å². The summed E-state index contributed by atoms with van der Waals surface area (Å²) in [5, 5.41) is 16.9. The first-order chi connectivity index (χ1) is 15.6. The van der Waals surface area contributed by atoms with Crippen molar-refractivity contribution >= 4 is 5.97 Å². The lowest BCUT2D eigenvalue weighted by Crippen LogP contribution is -2.43. The smallest absolute Gasteiger partial charge is 0.347 e. The predicted octanol–water partition coefficient (Wildman–Crippen LogP) is 2.56. The number of aromatic nitrogens is 3. The van der Waals surface area contributed by atoms with Crippen LogP contribution < -0.4 is 21.3 Å². The van der Waals surface area contributed by atoms with E-state index in [9.17, 15) is 19.5 Å². The van der Waals surface area contributed by atoms with E-state index in [1.54, 1.807) is 19.2 Å². The summed E-state index contributed by atoms with van der Waals surface area (Å²) in [6.07, 6.45) is 5.77. The molecule has 1 unspecified atom stereocenters. The Morgan fingerprint density at radius 3 is 2.42 bits per heavy atom. The first kappa shape index (κ1) is 26.3. The number of rotatable bonds is 13. The van der Waals surface area contributed by atoms with Crippen molar-refractivity contribution in [3.8, 4) is 5.75 Å². The quantitative estimate of drug-likeness (QED) is 0.441. The summed E-state index contributed by atoms with van der Waals surface area (Å²) in [6, 6.07) is 7.06. The number of aryl methyl sites for hydroxylation is 1. The van der Waals surface area contributed by atoms with Crippen LogP contribution in [-0.2, 0) is 25.3 Å². The second-order valence-corrected chi connectivity index (χ2v) is 8.82. The molecule has 0 fully saturated rings. The van der Waals surface area contributed by atoms with Gasteiger partial charge in [0.05, 0.1) is 6.04 Å². The van der Waals surface area contributed by atoms with Gasteiger partial charge in [0.2, 0.25) is 0 Å². The summed E-state index contributed by atoms with van der Waals surface area (Å²) in [4.78, 5) is 35.9. The maximum atomic E-state index is 12.7. The van der Waals surface area contributed by atoms with Gasteiger partial charge >= 0.3 is 11.7 Å². The summed E-state index contributed by atoms with van der Waals surface area (Å²) in [6.45, 7) is 5.78. The number of carboxylic acid groups (broad SMARTS) is 1. The van der Waals surface area contributed by atoms with Crippen LogP contribution in [0.2, 0.25) is 0 Å². The Morgan fingerprint density at radius 2 is 1.82 bits per heavy atom. The van der Waals surface area contributed by atoms with Gasteiger partial charge in [0.25, 0.3) is 5.56 Å². The number of carboxylic acids is 1. The first-order valence-electron chi connectivity index (χ1n) is 11.5. The molecule has 2 aromatic rings. The molecule has 182 valence electrons. The van der Waals surface area contributed by atoms with Crippen LogP contribution >= 0.6 is 0 Å². The minimum Gasteiger partial charge on any atom is -0.478 e. The van der Waals surface area contributed by atoms with Crippen molar-refractivity contribution in [2.75, 3.05) is 6.54 Å². The fourth-order valence-corrected chi connectivity index (χ4v) is 3.51. The van der Waals surface area contributed by atoms with Crippen LogP contribution in [0.5, 0.6) is 5.75 Å². The molecule has 1 atom stereocenters. The van der Waals surface area contributed by atoms with Gasteiger partial charge < -0.3 is 15.2 Å². The average molecular weight is 461 g/mol. The van der Waals surface area contributed by atoms with Gasteiger partial charge in [-0.05, 0) is 50.9 Å². The second-order valence-electron chi connectivity index (χ2n) is 8.82. The number of hydrogen-bond donors (Lipinski definition) is 2. The summed E-state index contributed by atoms with van der Waals surface area (Å²) in [7, 11) is 3.02. The van der Waals surface area contributed by atoms with Crippen LogP contribution in [0.25, 0.3) is 0 Å². The Labute approximate surface area is 194 Å². The number of nitrogens with zero attached hydrogens (tertiary/aromatic N) is 3. The van der Waals surface area contributed by atoms with Gasteiger partial charge in [0.15, 0.2) is 5.60 Å². The largest absolute Gasteiger partial charge is 0.478 e. The molecule has 0 radical (unpaired) electrons. The molecule has 33 heavy (non-hydrogen) atoms. The van der Waals surface area contributed by atoms with Crippen molar-refractivity contribution in [3.05, 3.63) is 56.4 Å². The van der Waals surface area contributed by atoms with Gasteiger partial charge in [-0.25, -0.2) is 14.3 Å². The van der Waals surface area contributed by atoms with Crippen molar-refractivity contribution in [1.29, 1.82) is 0 Å². The van der Waals surface area contributed by atoms with E-state index in [2.05, 4.69) is 17.3 Å². The highest BCUT2D eigenvalue weighted by Gasteiger charge is 2.29. The molecule has 0 aliphatic rings. The number of unbranched alkanes of at least 4 members (excludes halogenated alkanes) is 3. The maximum absolute atomic E-state index is 12.7. The molecule has 1 aromatic carbocycles. The van der Waals surface area contributed by atoms with Crippen LogP contribution in [0.15, 0.2) is 33.9 Å². The molecule has 0 amide bonds. The monoisotopic (exact) mass is 460 g/mol. The molecule has 0 spiro atoms. The van der Waals surface area contributed by atoms with Gasteiger partial charge in [0.1, 0.15) is 11.4 Å². The van der Waals surface area contributed by atoms with E-state index in [0.29, 0.717) is 24.4 Å². The lowest BCUT2D eigenvalue weighted by atomic mass is 10.0. The van der Waals surface area contributed by atoms with Crippen LogP contribution in [0.4, 0.5) is 0 Å². The molecule has 2 N–H and O–H groups in total. The highest BCUT2D eigenvalue weighted by Crippen LogP contribution is 2.20. The normalized spacial score (nSPS) is 12.5. The molecule has 0 bridgehead atoms. The lowest BCUT2D eigenvalue weighted by Gasteiger charge is -2.21. The van der Waals surface area contributed by atoms with Crippen molar-refractivity contribution < 1.29 is 14.6 Å². The average Bonchev–Trinajstić information content (AvgIpc) is 2.77. The van der Waals surface area contributed by atoms with Crippen molar-refractivity contribution in [2.24, 2.45) is 14.1 Å². The highest BCUT2D eigenvalue weighted by molar-refractivity contribution is 5.76. The van der Waals surface area contributed by atoms with E-state index in [1.807, 2.05) is 12.1 Å². The third-order valence-electron chi connectivity index (χ3n) is 5.64. The SMILES string of the molecule is CCCCCCC(NCCc1ccc(OC(C)(C)C(=O)O)cc1)c1nn(C)c(=O)n(C)c1=O. The summed E-state index contributed by atoms with van der Waals surface area (Å²) < 4.78 is 7.84. The standard InChI is InChI=1S/C24H36N4O5/c1-6-7-8-9-10-19(20-21(29)27(4)23(32)28(5)26-20)25-16-15-17-11-13-18(14-12-17)33-24(2,3)22(30)31/h11-14,19,25H,6-10,15-16H2,1-5H3,(H,30,31). The Hall–Kier alpha value is -2.94. The zero-order valence-electron chi connectivity index (χ0n) is 20.3. The molecule has 0 aliphatic heterocycles. The van der Waals surface area contributed by atoms with E-state index in [1.165, 1.54) is 25.6 Å². The highest BCUT2D eigenvalue weighted by atomic mass is 16.5. The molecule has 2 rings (SSSR count). The minimum absolute atomic E-state index is 0.244. The molecular weight excluding hydrogens is 424 g/mol. The van der Waals surface area contributed by atoms with Gasteiger partial charge in [-0.2, -0.15) is 5.10 Å². The molecule has 1 heterocycles. The topological polar surface area (TPSA) is 115 Å². The van der Waals surface area contributed by atoms with Crippen LogP contribution in [0.3, 0.4) is 0 Å². The van der Waals surface area contributed by atoms with Crippen LogP contribution in [0, 0.1) is 0 Å². The van der Waals surface area contributed by atoms with Crippen molar-refractivity contribution in [1.82, 2.24) is 19.7 Å². The Balaban J connectivity index is 2.07. The first-order valence-corrected chi connectivity index (χ1v) is 11.5. The fourth-order valence-electron chi connectivity index (χ4n) is 3.51. The van der Waals surface area contributed by atoms with E-state index < -0.39 is 17.3 Å². The van der Waals surface area contributed by atoms with Gasteiger partial charge in [-0.15, -0.1) is 0 Å². The molecule has 9 heteroatoms. The fraction of sp³-hybridized carbons (Fsp3) is 0.583.